The lowest BCUT2D eigenvalue weighted by Gasteiger charge is -2.33. The smallest absolute Gasteiger partial charge is 0.181 e. The fourth-order valence-corrected chi connectivity index (χ4v) is 5.60. The van der Waals surface area contributed by atoms with Gasteiger partial charge >= 0.3 is 0 Å². The number of hydrogen-bond donors (Lipinski definition) is 1. The van der Waals surface area contributed by atoms with Crippen molar-refractivity contribution in [2.45, 2.75) is 19.3 Å². The van der Waals surface area contributed by atoms with Crippen molar-refractivity contribution >= 4 is 38.6 Å². The second kappa shape index (κ2) is 10.0. The zero-order valence-corrected chi connectivity index (χ0v) is 19.6. The van der Waals surface area contributed by atoms with Crippen molar-refractivity contribution in [2.24, 2.45) is 5.92 Å². The van der Waals surface area contributed by atoms with Gasteiger partial charge in [-0.1, -0.05) is 36.4 Å². The Morgan fingerprint density at radius 1 is 1.09 bits per heavy atom. The minimum atomic E-state index is -2.19. The van der Waals surface area contributed by atoms with Gasteiger partial charge in [0.25, 0.3) is 0 Å². The Labute approximate surface area is 199 Å². The molecule has 1 atom stereocenters. The molecule has 0 aliphatic carbocycles. The first kappa shape index (κ1) is 22.1. The molecule has 5 rings (SSSR count). The van der Waals surface area contributed by atoms with Crippen molar-refractivity contribution in [3.05, 3.63) is 60.1 Å². The molecule has 4 aromatic rings. The Morgan fingerprint density at radius 3 is 2.61 bits per heavy atom. The summed E-state index contributed by atoms with van der Waals surface area (Å²) in [6.07, 6.45) is 4.62. The maximum absolute atomic E-state index is 10.7. The summed E-state index contributed by atoms with van der Waals surface area (Å²) >= 11 is -0.554. The van der Waals surface area contributed by atoms with Gasteiger partial charge in [-0.25, -0.2) is 14.7 Å². The SMILES string of the molecule is O=S([O-])NCCC1CCN(c2nc(-c3ccccn3)nc3scc(-c4ccccc4)c23)CC1. The number of rotatable bonds is 7. The summed E-state index contributed by atoms with van der Waals surface area (Å²) in [6.45, 7) is 2.25. The molecule has 0 saturated carbocycles. The summed E-state index contributed by atoms with van der Waals surface area (Å²) in [4.78, 5) is 17.7. The molecule has 0 bridgehead atoms. The number of fused-ring (bicyclic) bond motifs is 1. The Kier molecular flexibility index (Phi) is 6.73. The molecular weight excluding hydrogens is 454 g/mol. The number of pyridine rings is 1. The van der Waals surface area contributed by atoms with E-state index in [0.29, 0.717) is 18.3 Å². The molecule has 9 heteroatoms. The molecule has 1 N–H and O–H groups in total. The number of aromatic nitrogens is 3. The van der Waals surface area contributed by atoms with Gasteiger partial charge in [-0.15, -0.1) is 11.3 Å². The van der Waals surface area contributed by atoms with Crippen LogP contribution in [0.25, 0.3) is 32.9 Å². The number of thiophene rings is 1. The summed E-state index contributed by atoms with van der Waals surface area (Å²) in [7, 11) is 0. The largest absolute Gasteiger partial charge is 0.760 e. The summed E-state index contributed by atoms with van der Waals surface area (Å²) < 4.78 is 24.0. The molecule has 170 valence electrons. The van der Waals surface area contributed by atoms with Gasteiger partial charge < -0.3 is 9.45 Å². The third-order valence-electron chi connectivity index (χ3n) is 6.08. The Morgan fingerprint density at radius 2 is 1.88 bits per heavy atom. The van der Waals surface area contributed by atoms with Crippen molar-refractivity contribution in [1.29, 1.82) is 0 Å². The molecule has 1 fully saturated rings. The lowest BCUT2D eigenvalue weighted by molar-refractivity contribution is 0.380. The van der Waals surface area contributed by atoms with Crippen molar-refractivity contribution in [3.8, 4) is 22.6 Å². The number of piperidine rings is 1. The van der Waals surface area contributed by atoms with Gasteiger partial charge in [0.05, 0.1) is 5.39 Å². The fourth-order valence-electron chi connectivity index (χ4n) is 4.37. The first-order valence-electron chi connectivity index (χ1n) is 11.0. The highest BCUT2D eigenvalue weighted by molar-refractivity contribution is 7.77. The summed E-state index contributed by atoms with van der Waals surface area (Å²) in [5, 5.41) is 3.26. The van der Waals surface area contributed by atoms with E-state index in [1.807, 2.05) is 24.3 Å². The molecule has 4 heterocycles. The lowest BCUT2D eigenvalue weighted by atomic mass is 9.93. The molecule has 7 nitrogen and oxygen atoms in total. The minimum Gasteiger partial charge on any atom is -0.760 e. The highest BCUT2D eigenvalue weighted by Crippen LogP contribution is 2.40. The van der Waals surface area contributed by atoms with E-state index in [1.165, 1.54) is 0 Å². The van der Waals surface area contributed by atoms with Crippen molar-refractivity contribution in [3.63, 3.8) is 0 Å². The van der Waals surface area contributed by atoms with Crippen molar-refractivity contribution in [1.82, 2.24) is 19.7 Å². The molecule has 1 unspecified atom stereocenters. The zero-order valence-electron chi connectivity index (χ0n) is 18.0. The van der Waals surface area contributed by atoms with Crippen LogP contribution in [0.3, 0.4) is 0 Å². The van der Waals surface area contributed by atoms with Crippen LogP contribution in [0.4, 0.5) is 5.82 Å². The average Bonchev–Trinajstić information content (AvgIpc) is 3.29. The summed E-state index contributed by atoms with van der Waals surface area (Å²) in [6, 6.07) is 16.2. The lowest BCUT2D eigenvalue weighted by Crippen LogP contribution is -2.35. The van der Waals surface area contributed by atoms with Crippen LogP contribution >= 0.6 is 11.3 Å². The van der Waals surface area contributed by atoms with E-state index in [2.05, 4.69) is 44.3 Å². The Bertz CT molecular complexity index is 1240. The van der Waals surface area contributed by atoms with E-state index < -0.39 is 11.3 Å². The molecule has 0 amide bonds. The summed E-state index contributed by atoms with van der Waals surface area (Å²) in [5.74, 6) is 2.10. The predicted molar refractivity (Wildman–Crippen MR) is 133 cm³/mol. The minimum absolute atomic E-state index is 0.491. The van der Waals surface area contributed by atoms with Gasteiger partial charge in [0.15, 0.2) is 5.82 Å². The fraction of sp³-hybridized carbons (Fsp3) is 0.292. The van der Waals surface area contributed by atoms with E-state index in [4.69, 9.17) is 9.97 Å². The highest BCUT2D eigenvalue weighted by atomic mass is 32.2. The third kappa shape index (κ3) is 4.96. The van der Waals surface area contributed by atoms with E-state index in [1.54, 1.807) is 17.5 Å². The van der Waals surface area contributed by atoms with Crippen LogP contribution in [0, 0.1) is 5.92 Å². The predicted octanol–water partition coefficient (Wildman–Crippen LogP) is 4.41. The van der Waals surface area contributed by atoms with Crippen LogP contribution in [0.15, 0.2) is 60.1 Å². The van der Waals surface area contributed by atoms with Gasteiger partial charge in [0, 0.05) is 48.0 Å². The quantitative estimate of drug-likeness (QED) is 0.396. The highest BCUT2D eigenvalue weighted by Gasteiger charge is 2.25. The average molecular weight is 479 g/mol. The van der Waals surface area contributed by atoms with Gasteiger partial charge in [0.1, 0.15) is 16.3 Å². The molecule has 3 aromatic heterocycles. The molecule has 1 aliphatic rings. The Hall–Kier alpha value is -2.72. The number of anilines is 1. The number of nitrogens with one attached hydrogen (secondary N) is 1. The van der Waals surface area contributed by atoms with Crippen LogP contribution in [0.1, 0.15) is 19.3 Å². The number of hydrogen-bond acceptors (Lipinski definition) is 7. The standard InChI is InChI=1S/C24H25N5O2S2/c30-33(31)26-13-9-17-10-14-29(15-11-17)23-21-19(18-6-2-1-3-7-18)16-32-24(21)28-22(27-23)20-8-4-5-12-25-20/h1-8,12,16-17,26H,9-11,13-15H2,(H,30,31)/p-1. The van der Waals surface area contributed by atoms with Crippen LogP contribution in [0.2, 0.25) is 0 Å². The first-order chi connectivity index (χ1) is 16.2. The van der Waals surface area contributed by atoms with E-state index in [9.17, 15) is 8.76 Å². The summed E-state index contributed by atoms with van der Waals surface area (Å²) in [5.41, 5.74) is 3.08. The van der Waals surface area contributed by atoms with E-state index in [-0.39, 0.29) is 0 Å². The van der Waals surface area contributed by atoms with Gasteiger partial charge in [0.2, 0.25) is 0 Å². The first-order valence-corrected chi connectivity index (χ1v) is 13.0. The Balaban J connectivity index is 1.49. The molecule has 1 aromatic carbocycles. The van der Waals surface area contributed by atoms with Gasteiger partial charge in [-0.3, -0.25) is 9.19 Å². The third-order valence-corrected chi connectivity index (χ3v) is 7.39. The van der Waals surface area contributed by atoms with E-state index >= 15 is 0 Å². The molecule has 0 spiro atoms. The van der Waals surface area contributed by atoms with Gasteiger partial charge in [-0.2, -0.15) is 0 Å². The second-order valence-electron chi connectivity index (χ2n) is 8.13. The van der Waals surface area contributed by atoms with E-state index in [0.717, 1.165) is 65.2 Å². The van der Waals surface area contributed by atoms with Gasteiger partial charge in [-0.05, 0) is 42.9 Å². The van der Waals surface area contributed by atoms with Crippen molar-refractivity contribution < 1.29 is 8.76 Å². The maximum Gasteiger partial charge on any atom is 0.181 e. The molecular formula is C24H24N5O2S2-. The van der Waals surface area contributed by atoms with Crippen LogP contribution < -0.4 is 9.62 Å². The second-order valence-corrected chi connectivity index (χ2v) is 9.75. The number of benzene rings is 1. The van der Waals surface area contributed by atoms with Crippen LogP contribution in [0.5, 0.6) is 0 Å². The molecule has 33 heavy (non-hydrogen) atoms. The molecule has 0 radical (unpaired) electrons. The topological polar surface area (TPSA) is 94.1 Å². The van der Waals surface area contributed by atoms with Crippen LogP contribution in [-0.2, 0) is 11.3 Å². The molecule has 1 aliphatic heterocycles. The zero-order chi connectivity index (χ0) is 22.6. The van der Waals surface area contributed by atoms with Crippen LogP contribution in [-0.4, -0.2) is 43.3 Å². The maximum atomic E-state index is 10.7. The monoisotopic (exact) mass is 478 g/mol. The molecule has 1 saturated heterocycles. The number of nitrogens with zero attached hydrogens (tertiary/aromatic N) is 4. The van der Waals surface area contributed by atoms with Crippen molar-refractivity contribution in [2.75, 3.05) is 24.5 Å². The normalized spacial score (nSPS) is 15.7.